The summed E-state index contributed by atoms with van der Waals surface area (Å²) in [6, 6.07) is 4.70. The third-order valence-electron chi connectivity index (χ3n) is 14.9. The number of nitrogens with two attached hydrogens (primary N) is 1. The average Bonchev–Trinajstić information content (AvgIpc) is 2.01. The Balaban J connectivity index is 1.32. The molecule has 27 heteroatoms. The number of unbranched alkanes of at least 4 members (excludes halogenated alkanes) is 1. The van der Waals surface area contributed by atoms with Crippen LogP contribution in [0.25, 0.3) is 0 Å². The number of amides is 8. The van der Waals surface area contributed by atoms with Gasteiger partial charge in [0.15, 0.2) is 12.0 Å². The number of allylic oxidation sites excluding steroid dienone is 3. The Morgan fingerprint density at radius 1 is 1.01 bits per heavy atom. The second-order valence-electron chi connectivity index (χ2n) is 21.9. The molecule has 5 rings (SSSR count). The lowest BCUT2D eigenvalue weighted by Gasteiger charge is -2.42. The van der Waals surface area contributed by atoms with Gasteiger partial charge in [-0.1, -0.05) is 106 Å². The van der Waals surface area contributed by atoms with E-state index < -0.39 is 108 Å². The number of aliphatic hydroxyl groups is 1. The molecular weight excluding hydrogens is 1270 g/mol. The zero-order chi connectivity index (χ0) is 62.3. The molecule has 0 saturated carbocycles. The molecule has 0 aromatic heterocycles. The lowest BCUT2D eigenvalue weighted by atomic mass is 9.83. The monoisotopic (exact) mass is 1340 g/mol. The average molecular weight is 1350 g/mol. The first kappa shape index (κ1) is 69.2. The molecule has 1 unspecified atom stereocenters. The molecule has 3 aliphatic heterocycles. The normalized spacial score (nSPS) is 24.7. The number of alkyl carbamates (subject to hydrolysis) is 1. The van der Waals surface area contributed by atoms with Gasteiger partial charge in [0.05, 0.1) is 42.1 Å². The number of methoxy groups -OCH3 is 2. The third kappa shape index (κ3) is 18.7. The van der Waals surface area contributed by atoms with Crippen molar-refractivity contribution in [1.29, 1.82) is 0 Å². The van der Waals surface area contributed by atoms with Gasteiger partial charge in [0, 0.05) is 55.8 Å². The maximum atomic E-state index is 14.4. The van der Waals surface area contributed by atoms with Crippen LogP contribution in [0.2, 0.25) is 10.0 Å². The maximum absolute atomic E-state index is 14.4. The zero-order valence-electron chi connectivity index (χ0n) is 48.6. The minimum atomic E-state index is -1.91. The van der Waals surface area contributed by atoms with E-state index in [4.69, 9.17) is 57.4 Å². The molecule has 23 nitrogen and oxygen atoms in total. The minimum Gasteiger partial charge on any atom is -0.495 e. The summed E-state index contributed by atoms with van der Waals surface area (Å²) in [6.45, 7) is 10.7. The number of alkyl halides is 2. The fourth-order valence-electron chi connectivity index (χ4n) is 9.99. The number of benzene rings is 2. The minimum absolute atomic E-state index is 0.0371. The van der Waals surface area contributed by atoms with E-state index in [1.807, 2.05) is 19.9 Å². The number of rotatable bonds is 24. The summed E-state index contributed by atoms with van der Waals surface area (Å²) in [5.74, 6) is -2.91. The predicted octanol–water partition coefficient (Wildman–Crippen LogP) is 7.73. The second kappa shape index (κ2) is 31.2. The molecule has 2 aromatic carbocycles. The number of aldehydes is 1. The first-order valence-electron chi connectivity index (χ1n) is 27.5. The van der Waals surface area contributed by atoms with Crippen LogP contribution in [0.1, 0.15) is 98.5 Å². The highest BCUT2D eigenvalue weighted by molar-refractivity contribution is 9.10. The van der Waals surface area contributed by atoms with Gasteiger partial charge in [-0.25, -0.2) is 14.4 Å². The Labute approximate surface area is 516 Å². The molecule has 0 radical (unpaired) electrons. The Bertz CT molecular complexity index is 2770. The summed E-state index contributed by atoms with van der Waals surface area (Å²) in [5, 5.41) is 28.5. The van der Waals surface area contributed by atoms with Gasteiger partial charge >= 0.3 is 18.2 Å². The Morgan fingerprint density at radius 3 is 2.36 bits per heavy atom. The quantitative estimate of drug-likeness (QED) is 0.0216. The van der Waals surface area contributed by atoms with Crippen molar-refractivity contribution in [3.63, 3.8) is 0 Å². The molecule has 2 saturated heterocycles. The SMILES string of the molecule is COc1cc2cc(c1Cl)N(C)C(=O)C[C@H](OC(=O)Nc1ccc(NC(=O)[C@H](CCCNC(N)=O)NC(=O)[C@@H](NC(=O)CCCCC(C)OC(C=O)(CBr)CBr)C(C)C)cc1Cl)[C@]1(C)O[C@H]1[C@H](C)[C@@H]1C[C@@](O)(NC(=O)O1)[C@H](OC)/C=C/C=C(\C)C2. The fourth-order valence-corrected chi connectivity index (χ4v) is 12.0. The van der Waals surface area contributed by atoms with E-state index in [0.717, 1.165) is 17.4 Å². The number of nitrogens with one attached hydrogen (secondary N) is 6. The van der Waals surface area contributed by atoms with Crippen LogP contribution < -0.4 is 47.3 Å². The molecule has 0 aliphatic carbocycles. The van der Waals surface area contributed by atoms with Gasteiger partial charge in [0.25, 0.3) is 0 Å². The first-order chi connectivity index (χ1) is 39.6. The number of ether oxygens (including phenoxy) is 6. The van der Waals surface area contributed by atoms with Gasteiger partial charge in [0.1, 0.15) is 52.4 Å². The van der Waals surface area contributed by atoms with Crippen molar-refractivity contribution in [2.45, 2.75) is 159 Å². The molecule has 9 N–H and O–H groups in total. The fraction of sp³-hybridized carbons (Fsp3) is 0.579. The number of urea groups is 1. The third-order valence-corrected chi connectivity index (χ3v) is 17.5. The van der Waals surface area contributed by atoms with E-state index >= 15 is 0 Å². The van der Waals surface area contributed by atoms with Gasteiger partial charge < -0.3 is 70.2 Å². The van der Waals surface area contributed by atoms with Crippen molar-refractivity contribution in [1.82, 2.24) is 21.3 Å². The Morgan fingerprint density at radius 2 is 1.73 bits per heavy atom. The lowest BCUT2D eigenvalue weighted by Crippen LogP contribution is -2.63. The summed E-state index contributed by atoms with van der Waals surface area (Å²) < 4.78 is 35.3. The molecule has 10 atom stereocenters. The van der Waals surface area contributed by atoms with Crippen LogP contribution >= 0.6 is 55.1 Å². The van der Waals surface area contributed by atoms with Crippen molar-refractivity contribution in [3.8, 4) is 5.75 Å². The number of nitrogens with zero attached hydrogens (tertiary/aromatic N) is 1. The molecule has 84 heavy (non-hydrogen) atoms. The number of carbonyl (C=O) groups excluding carboxylic acids is 8. The second-order valence-corrected chi connectivity index (χ2v) is 23.8. The predicted molar refractivity (Wildman–Crippen MR) is 324 cm³/mol. The van der Waals surface area contributed by atoms with Crippen LogP contribution in [0, 0.1) is 11.8 Å². The molecular formula is C57H78Br2Cl2N8O15. The van der Waals surface area contributed by atoms with E-state index in [0.29, 0.717) is 47.8 Å². The molecule has 3 heterocycles. The highest BCUT2D eigenvalue weighted by atomic mass is 79.9. The standard InChI is InChI=1S/C57H78Br2Cl2N8O15/c1-31(2)48(67-45(71)18-11-10-15-33(4)83-56(28-58,29-59)30-70)51(74)65-39(16-13-21-63-52(62)75)50(73)64-36-19-20-38(37(60)25-36)66-53(76)82-44-26-46(72)69(7)40-23-35(24-41(79-8)47(40)61)22-32(3)14-12-17-43(80-9)57(78)27-42(81-54(77)68-57)34(5)49-55(44,6)84-49/h12,14,17,19-20,23-25,30-31,33-34,39,42-44,48-49,78H,10-11,13,15-16,18,21-22,26-29H2,1-9H3,(H,64,73)(H,65,74)(H,66,76)(H,67,71)(H,68,77)(H3,62,63,75)/b17-12+,32-14+/t33?,34-,39+,42+,43-,44+,48+,49+,55+,57+/m1/s1. The van der Waals surface area contributed by atoms with Crippen LogP contribution in [0.5, 0.6) is 5.75 Å². The highest BCUT2D eigenvalue weighted by Crippen LogP contribution is 2.49. The maximum Gasteiger partial charge on any atom is 0.412 e. The topological polar surface area (TPSA) is 317 Å². The van der Waals surface area contributed by atoms with Gasteiger partial charge in [-0.2, -0.15) is 0 Å². The van der Waals surface area contributed by atoms with Crippen molar-refractivity contribution in [2.75, 3.05) is 54.0 Å². The summed E-state index contributed by atoms with van der Waals surface area (Å²) >= 11 is 20.2. The number of hydrogen-bond acceptors (Lipinski definition) is 15. The summed E-state index contributed by atoms with van der Waals surface area (Å²) in [6.07, 6.45) is 1.54. The summed E-state index contributed by atoms with van der Waals surface area (Å²) in [4.78, 5) is 107. The number of hydrogen-bond donors (Lipinski definition) is 8. The highest BCUT2D eigenvalue weighted by Gasteiger charge is 2.64. The van der Waals surface area contributed by atoms with Gasteiger partial charge in [-0.3, -0.25) is 29.8 Å². The molecule has 2 fully saturated rings. The largest absolute Gasteiger partial charge is 0.495 e. The van der Waals surface area contributed by atoms with E-state index in [9.17, 15) is 43.5 Å². The van der Waals surface area contributed by atoms with Crippen molar-refractivity contribution in [2.24, 2.45) is 17.6 Å². The van der Waals surface area contributed by atoms with Crippen LogP contribution in [-0.4, -0.2) is 151 Å². The Hall–Kier alpha value is -5.54. The number of epoxide rings is 1. The molecule has 8 amide bonds. The van der Waals surface area contributed by atoms with Crippen LogP contribution in [0.3, 0.4) is 0 Å². The Kier molecular flexibility index (Phi) is 25.7. The molecule has 0 spiro atoms. The lowest BCUT2D eigenvalue weighted by molar-refractivity contribution is -0.142. The van der Waals surface area contributed by atoms with E-state index in [1.165, 1.54) is 44.4 Å². The first-order valence-corrected chi connectivity index (χ1v) is 30.5. The summed E-state index contributed by atoms with van der Waals surface area (Å²) in [7, 11) is 4.38. The molecule has 464 valence electrons. The molecule has 3 aliphatic rings. The van der Waals surface area contributed by atoms with Crippen molar-refractivity contribution in [3.05, 3.63) is 69.7 Å². The van der Waals surface area contributed by atoms with E-state index in [-0.39, 0.29) is 65.7 Å². The molecule has 2 aromatic rings. The number of halogens is 4. The van der Waals surface area contributed by atoms with Crippen molar-refractivity contribution < 1.29 is 71.9 Å². The van der Waals surface area contributed by atoms with Crippen molar-refractivity contribution >= 4 is 120 Å². The van der Waals surface area contributed by atoms with E-state index in [2.05, 4.69) is 63.8 Å². The van der Waals surface area contributed by atoms with Crippen LogP contribution in [-0.2, 0) is 54.1 Å². The summed E-state index contributed by atoms with van der Waals surface area (Å²) in [5.41, 5.74) is 3.12. The van der Waals surface area contributed by atoms with Crippen LogP contribution in [0.4, 0.5) is 31.4 Å². The van der Waals surface area contributed by atoms with Crippen LogP contribution in [0.15, 0.2) is 54.1 Å². The smallest absolute Gasteiger partial charge is 0.412 e. The molecule has 4 bridgehead atoms. The number of carbonyl (C=O) groups is 8. The number of fused-ring (bicyclic) bond motifs is 5. The van der Waals surface area contributed by atoms with Gasteiger partial charge in [-0.15, -0.1) is 0 Å². The number of anilines is 3. The number of primary amides is 1. The van der Waals surface area contributed by atoms with E-state index in [1.54, 1.807) is 52.0 Å². The zero-order valence-corrected chi connectivity index (χ0v) is 53.3. The van der Waals surface area contributed by atoms with Gasteiger partial charge in [-0.05, 0) is 94.7 Å². The van der Waals surface area contributed by atoms with Gasteiger partial charge in [0.2, 0.25) is 23.6 Å².